The molecule has 0 fully saturated rings. The van der Waals surface area contributed by atoms with E-state index in [0.29, 0.717) is 0 Å². The van der Waals surface area contributed by atoms with E-state index in [4.69, 9.17) is 0 Å². The summed E-state index contributed by atoms with van der Waals surface area (Å²) in [5, 5.41) is 0. The van der Waals surface area contributed by atoms with Crippen molar-refractivity contribution in [3.8, 4) is 0 Å². The summed E-state index contributed by atoms with van der Waals surface area (Å²) in [5.41, 5.74) is 9.72. The molecule has 0 aromatic rings. The Hall–Kier alpha value is -0.780. The molecule has 0 amide bonds. The Morgan fingerprint density at radius 2 is 0.607 bits per heavy atom. The fourth-order valence-electron chi connectivity index (χ4n) is 7.56. The molecule has 28 heavy (non-hydrogen) atoms. The van der Waals surface area contributed by atoms with Crippen LogP contribution in [0.25, 0.3) is 0 Å². The third-order valence-electron chi connectivity index (χ3n) is 12.1. The van der Waals surface area contributed by atoms with E-state index >= 15 is 0 Å². The molecule has 3 aliphatic carbocycles. The van der Waals surface area contributed by atoms with Crippen LogP contribution >= 0.6 is 0 Å². The minimum absolute atomic E-state index is 0.0220. The number of fused-ring (bicyclic) bond motifs is 4. The molecule has 2 bridgehead atoms. The van der Waals surface area contributed by atoms with Gasteiger partial charge in [-0.2, -0.15) is 0 Å². The van der Waals surface area contributed by atoms with Gasteiger partial charge in [0.25, 0.3) is 0 Å². The molecule has 0 atom stereocenters. The molecule has 3 rings (SSSR count). The zero-order valence-corrected chi connectivity index (χ0v) is 22.0. The Bertz CT molecular complexity index is 761. The first-order valence-corrected chi connectivity index (χ1v) is 11.2. The molecule has 0 heteroatoms. The zero-order valence-electron chi connectivity index (χ0n) is 22.0. The third kappa shape index (κ3) is 2.14. The predicted molar refractivity (Wildman–Crippen MR) is 126 cm³/mol. The number of hydrogen-bond acceptors (Lipinski definition) is 0. The Balaban J connectivity index is 3.39. The first-order chi connectivity index (χ1) is 12.2. The molecule has 0 unspecified atom stereocenters. The van der Waals surface area contributed by atoms with E-state index in [2.05, 4.69) is 111 Å². The molecule has 0 heterocycles. The van der Waals surface area contributed by atoms with Gasteiger partial charge in [0, 0.05) is 5.41 Å². The Morgan fingerprint density at radius 1 is 0.357 bits per heavy atom. The van der Waals surface area contributed by atoms with E-state index in [0.717, 1.165) is 0 Å². The summed E-state index contributed by atoms with van der Waals surface area (Å²) in [5.74, 6) is 0. The van der Waals surface area contributed by atoms with Crippen LogP contribution < -0.4 is 0 Å². The van der Waals surface area contributed by atoms with Crippen molar-refractivity contribution in [3.63, 3.8) is 0 Å². The van der Waals surface area contributed by atoms with Gasteiger partial charge in [-0.25, -0.2) is 0 Å². The topological polar surface area (TPSA) is 0 Å². The minimum Gasteiger partial charge on any atom is -0.0670 e. The van der Waals surface area contributed by atoms with Gasteiger partial charge >= 0.3 is 0 Å². The molecular formula is C28H48. The van der Waals surface area contributed by atoms with Crippen molar-refractivity contribution in [2.75, 3.05) is 0 Å². The summed E-state index contributed by atoms with van der Waals surface area (Å²) in [6.07, 6.45) is 0. The van der Waals surface area contributed by atoms with Gasteiger partial charge in [0.05, 0.1) is 0 Å². The van der Waals surface area contributed by atoms with Gasteiger partial charge < -0.3 is 0 Å². The number of rotatable bonds is 0. The monoisotopic (exact) mass is 384 g/mol. The highest BCUT2D eigenvalue weighted by Crippen LogP contribution is 2.74. The molecule has 0 aromatic heterocycles. The van der Waals surface area contributed by atoms with E-state index in [1.165, 1.54) is 0 Å². The lowest BCUT2D eigenvalue weighted by molar-refractivity contribution is -0.142. The molecule has 160 valence electrons. The maximum Gasteiger partial charge on any atom is 0.0301 e. The molecule has 0 spiro atoms. The highest BCUT2D eigenvalue weighted by atomic mass is 14.7. The van der Waals surface area contributed by atoms with Crippen molar-refractivity contribution < 1.29 is 0 Å². The van der Waals surface area contributed by atoms with Gasteiger partial charge in [-0.3, -0.25) is 0 Å². The summed E-state index contributed by atoms with van der Waals surface area (Å²) in [6, 6.07) is 0. The first-order valence-electron chi connectivity index (χ1n) is 11.2. The lowest BCUT2D eigenvalue weighted by Crippen LogP contribution is -2.61. The van der Waals surface area contributed by atoms with Crippen molar-refractivity contribution >= 4 is 0 Å². The Labute approximate surface area is 177 Å². The van der Waals surface area contributed by atoms with Crippen LogP contribution in [0.1, 0.15) is 111 Å². The molecule has 0 aliphatic heterocycles. The maximum absolute atomic E-state index is 2.60. The summed E-state index contributed by atoms with van der Waals surface area (Å²) < 4.78 is 0. The maximum atomic E-state index is 2.60. The second-order valence-corrected chi connectivity index (χ2v) is 12.5. The Kier molecular flexibility index (Phi) is 4.94. The molecule has 0 aromatic carbocycles. The average molecular weight is 385 g/mol. The molecule has 0 saturated carbocycles. The second kappa shape index (κ2) is 5.89. The molecular weight excluding hydrogens is 336 g/mol. The Morgan fingerprint density at radius 3 is 0.893 bits per heavy atom. The zero-order chi connectivity index (χ0) is 22.5. The van der Waals surface area contributed by atoms with E-state index in [-0.39, 0.29) is 32.5 Å². The molecule has 3 aliphatic rings. The SMILES string of the molecule is CC1=C(C)C(C)(C)C(C)(C)C2(C)C(C)(C)/C(C)=C(\C)C1(C)/C(C)=C(\C)C2(C)C. The third-order valence-corrected chi connectivity index (χ3v) is 12.1. The molecule has 0 radical (unpaired) electrons. The van der Waals surface area contributed by atoms with E-state index in [1.807, 2.05) is 0 Å². The summed E-state index contributed by atoms with van der Waals surface area (Å²) in [6.45, 7) is 39.8. The first kappa shape index (κ1) is 23.5. The van der Waals surface area contributed by atoms with E-state index in [1.54, 1.807) is 33.4 Å². The van der Waals surface area contributed by atoms with Crippen molar-refractivity contribution in [2.45, 2.75) is 111 Å². The van der Waals surface area contributed by atoms with Crippen LogP contribution in [0.15, 0.2) is 33.4 Å². The van der Waals surface area contributed by atoms with Crippen molar-refractivity contribution in [3.05, 3.63) is 33.4 Å². The predicted octanol–water partition coefficient (Wildman–Crippen LogP) is 9.14. The van der Waals surface area contributed by atoms with E-state index < -0.39 is 0 Å². The average Bonchev–Trinajstić information content (AvgIpc) is 2.60. The van der Waals surface area contributed by atoms with Crippen molar-refractivity contribution in [1.29, 1.82) is 0 Å². The van der Waals surface area contributed by atoms with Gasteiger partial charge in [0.2, 0.25) is 0 Å². The van der Waals surface area contributed by atoms with Crippen LogP contribution in [0.4, 0.5) is 0 Å². The standard InChI is InChI=1S/C28H48/c1-17-20(4)27(15)21(5)18(2)24(9,10)28(16,26(13,14)23(17,7)8)25(11,12)19(3)22(27)6/h1-16H3/b20-17?,21-18+,22-19+. The molecule has 0 nitrogen and oxygen atoms in total. The lowest BCUT2D eigenvalue weighted by atomic mass is 9.36. The minimum atomic E-state index is -0.0220. The van der Waals surface area contributed by atoms with Gasteiger partial charge in [-0.15, -0.1) is 0 Å². The quantitative estimate of drug-likeness (QED) is 0.365. The van der Waals surface area contributed by atoms with Crippen LogP contribution in [0, 0.1) is 32.5 Å². The molecule has 0 saturated heterocycles. The van der Waals surface area contributed by atoms with Crippen LogP contribution in [0.5, 0.6) is 0 Å². The summed E-state index contributed by atoms with van der Waals surface area (Å²) in [4.78, 5) is 0. The van der Waals surface area contributed by atoms with Crippen molar-refractivity contribution in [1.82, 2.24) is 0 Å². The number of hydrogen-bond donors (Lipinski definition) is 0. The second-order valence-electron chi connectivity index (χ2n) is 12.5. The lowest BCUT2D eigenvalue weighted by Gasteiger charge is -2.68. The fourth-order valence-corrected chi connectivity index (χ4v) is 7.56. The van der Waals surface area contributed by atoms with Crippen LogP contribution in [-0.4, -0.2) is 0 Å². The van der Waals surface area contributed by atoms with Crippen LogP contribution in [0.2, 0.25) is 0 Å². The van der Waals surface area contributed by atoms with Crippen molar-refractivity contribution in [2.24, 2.45) is 32.5 Å². The smallest absolute Gasteiger partial charge is 0.0301 e. The largest absolute Gasteiger partial charge is 0.0670 e. The number of allylic oxidation sites excluding steroid dienone is 6. The van der Waals surface area contributed by atoms with Crippen LogP contribution in [-0.2, 0) is 0 Å². The highest BCUT2D eigenvalue weighted by molar-refractivity contribution is 5.51. The van der Waals surface area contributed by atoms with Gasteiger partial charge in [-0.05, 0) is 75.5 Å². The highest BCUT2D eigenvalue weighted by Gasteiger charge is 2.66. The van der Waals surface area contributed by atoms with Gasteiger partial charge in [0.1, 0.15) is 0 Å². The molecule has 0 N–H and O–H groups in total. The fraction of sp³-hybridized carbons (Fsp3) is 0.786. The normalized spacial score (nSPS) is 42.0. The van der Waals surface area contributed by atoms with E-state index in [9.17, 15) is 0 Å². The van der Waals surface area contributed by atoms with Gasteiger partial charge in [-0.1, -0.05) is 95.8 Å². The van der Waals surface area contributed by atoms with Crippen LogP contribution in [0.3, 0.4) is 0 Å². The summed E-state index contributed by atoms with van der Waals surface area (Å²) >= 11 is 0. The summed E-state index contributed by atoms with van der Waals surface area (Å²) in [7, 11) is 0. The van der Waals surface area contributed by atoms with Gasteiger partial charge in [0.15, 0.2) is 0 Å².